The third kappa shape index (κ3) is 7.60. The molecule has 0 radical (unpaired) electrons. The van der Waals surface area contributed by atoms with Crippen molar-refractivity contribution in [2.75, 3.05) is 0 Å². The molecule has 4 aromatic rings. The molecule has 1 N–H and O–H groups in total. The van der Waals surface area contributed by atoms with E-state index in [-0.39, 0.29) is 42.1 Å². The van der Waals surface area contributed by atoms with Gasteiger partial charge in [0.1, 0.15) is 17.5 Å². The standard InChI is InChI=1S/C32H28F6N4O2/c1-18(43)28-13-20(4-7-29(28)35)27-3-2-8-39-30(27)21(9-19-10-23(33)14-24(34)11-19)12-26(44)17-42-16-22(15-40-25-5-6-25)31(41-42)32(36,37)38/h2-4,7-8,10-11,13-14,16,21,25,40H,5-6,9,12,15,17H2,1H3/t21-/m1/s1. The van der Waals surface area contributed by atoms with Crippen LogP contribution in [0.15, 0.2) is 60.9 Å². The van der Waals surface area contributed by atoms with Gasteiger partial charge in [-0.1, -0.05) is 12.1 Å². The number of rotatable bonds is 12. The fraction of sp³-hybridized carbons (Fsp3) is 0.312. The molecule has 0 saturated heterocycles. The van der Waals surface area contributed by atoms with Crippen molar-refractivity contribution in [2.45, 2.75) is 63.8 Å². The number of ketones is 2. The highest BCUT2D eigenvalue weighted by molar-refractivity contribution is 5.95. The monoisotopic (exact) mass is 614 g/mol. The van der Waals surface area contributed by atoms with Crippen molar-refractivity contribution in [1.29, 1.82) is 0 Å². The lowest BCUT2D eigenvalue weighted by Crippen LogP contribution is -2.18. The molecule has 230 valence electrons. The fourth-order valence-corrected chi connectivity index (χ4v) is 5.20. The van der Waals surface area contributed by atoms with Crippen molar-refractivity contribution in [2.24, 2.45) is 0 Å². The number of alkyl halides is 3. The molecule has 1 saturated carbocycles. The highest BCUT2D eigenvalue weighted by atomic mass is 19.4. The van der Waals surface area contributed by atoms with Crippen molar-refractivity contribution in [3.05, 3.63) is 106 Å². The van der Waals surface area contributed by atoms with Gasteiger partial charge in [-0.15, -0.1) is 0 Å². The van der Waals surface area contributed by atoms with Gasteiger partial charge in [-0.25, -0.2) is 13.2 Å². The van der Waals surface area contributed by atoms with E-state index in [0.29, 0.717) is 22.9 Å². The van der Waals surface area contributed by atoms with Crippen molar-refractivity contribution in [3.63, 3.8) is 0 Å². The smallest absolute Gasteiger partial charge is 0.310 e. The first kappa shape index (κ1) is 31.1. The molecular formula is C32H28F6N4O2. The maximum atomic E-state index is 14.3. The lowest BCUT2D eigenvalue weighted by molar-refractivity contribution is -0.142. The van der Waals surface area contributed by atoms with E-state index in [4.69, 9.17) is 0 Å². The lowest BCUT2D eigenvalue weighted by Gasteiger charge is -2.20. The number of halogens is 6. The zero-order chi connectivity index (χ0) is 31.6. The number of nitrogens with zero attached hydrogens (tertiary/aromatic N) is 3. The van der Waals surface area contributed by atoms with Crippen molar-refractivity contribution >= 4 is 11.6 Å². The summed E-state index contributed by atoms with van der Waals surface area (Å²) in [5.74, 6) is -4.14. The highest BCUT2D eigenvalue weighted by Gasteiger charge is 2.37. The van der Waals surface area contributed by atoms with Gasteiger partial charge in [-0.2, -0.15) is 18.3 Å². The van der Waals surface area contributed by atoms with Gasteiger partial charge in [0.2, 0.25) is 0 Å². The summed E-state index contributed by atoms with van der Waals surface area (Å²) in [6.07, 6.45) is -0.604. The lowest BCUT2D eigenvalue weighted by atomic mass is 9.86. The van der Waals surface area contributed by atoms with E-state index in [1.807, 2.05) is 0 Å². The zero-order valence-corrected chi connectivity index (χ0v) is 23.6. The molecule has 6 nitrogen and oxygen atoms in total. The molecule has 2 aromatic carbocycles. The number of hydrogen-bond donors (Lipinski definition) is 1. The van der Waals surface area contributed by atoms with Gasteiger partial charge >= 0.3 is 6.18 Å². The average molecular weight is 615 g/mol. The van der Waals surface area contributed by atoms with Crippen LogP contribution in [0.1, 0.15) is 65.0 Å². The molecular weight excluding hydrogens is 586 g/mol. The Labute approximate surface area is 249 Å². The number of carbonyl (C=O) groups is 2. The average Bonchev–Trinajstić information content (AvgIpc) is 3.68. The summed E-state index contributed by atoms with van der Waals surface area (Å²) in [6.45, 7) is 0.700. The quantitative estimate of drug-likeness (QED) is 0.140. The molecule has 44 heavy (non-hydrogen) atoms. The van der Waals surface area contributed by atoms with Crippen LogP contribution >= 0.6 is 0 Å². The number of carbonyl (C=O) groups excluding carboxylic acids is 2. The van der Waals surface area contributed by atoms with E-state index in [1.54, 1.807) is 12.1 Å². The van der Waals surface area contributed by atoms with Gasteiger partial charge in [-0.05, 0) is 67.6 Å². The van der Waals surface area contributed by atoms with Gasteiger partial charge in [-0.3, -0.25) is 19.3 Å². The molecule has 0 unspecified atom stereocenters. The van der Waals surface area contributed by atoms with Gasteiger partial charge in [0, 0.05) is 54.5 Å². The highest BCUT2D eigenvalue weighted by Crippen LogP contribution is 2.34. The Balaban J connectivity index is 1.47. The Kier molecular flexibility index (Phi) is 9.00. The second kappa shape index (κ2) is 12.7. The topological polar surface area (TPSA) is 76.9 Å². The molecule has 12 heteroatoms. The SMILES string of the molecule is CC(=O)c1cc(-c2cccnc2[C@@H](CC(=O)Cn2cc(CNC3CC3)c(C(F)(F)F)n2)Cc2cc(F)cc(F)c2)ccc1F. The summed E-state index contributed by atoms with van der Waals surface area (Å²) in [4.78, 5) is 29.8. The van der Waals surface area contributed by atoms with Crippen LogP contribution in [-0.4, -0.2) is 32.4 Å². The summed E-state index contributed by atoms with van der Waals surface area (Å²) in [6, 6.07) is 10.3. The molecule has 0 aliphatic heterocycles. The first-order chi connectivity index (χ1) is 20.9. The van der Waals surface area contributed by atoms with E-state index in [1.165, 1.54) is 31.5 Å². The summed E-state index contributed by atoms with van der Waals surface area (Å²) >= 11 is 0. The van der Waals surface area contributed by atoms with Crippen LogP contribution in [-0.2, 0) is 30.5 Å². The summed E-state index contributed by atoms with van der Waals surface area (Å²) in [5, 5.41) is 6.68. The van der Waals surface area contributed by atoms with Gasteiger partial charge < -0.3 is 5.32 Å². The molecule has 2 aromatic heterocycles. The molecule has 1 aliphatic carbocycles. The molecule has 1 atom stereocenters. The second-order valence-corrected chi connectivity index (χ2v) is 11.0. The van der Waals surface area contributed by atoms with Gasteiger partial charge in [0.15, 0.2) is 17.3 Å². The third-order valence-corrected chi connectivity index (χ3v) is 7.36. The first-order valence-electron chi connectivity index (χ1n) is 14.0. The molecule has 0 spiro atoms. The molecule has 1 fully saturated rings. The summed E-state index contributed by atoms with van der Waals surface area (Å²) < 4.78 is 84.5. The predicted octanol–water partition coefficient (Wildman–Crippen LogP) is 6.82. The van der Waals surface area contributed by atoms with Gasteiger partial charge in [0.25, 0.3) is 0 Å². The van der Waals surface area contributed by atoms with Crippen LogP contribution in [0.3, 0.4) is 0 Å². The zero-order valence-electron chi connectivity index (χ0n) is 23.6. The Morgan fingerprint density at radius 1 is 1.05 bits per heavy atom. The van der Waals surface area contributed by atoms with Crippen LogP contribution in [0.25, 0.3) is 11.1 Å². The van der Waals surface area contributed by atoms with Gasteiger partial charge in [0.05, 0.1) is 17.8 Å². The minimum Gasteiger partial charge on any atom is -0.310 e. The first-order valence-corrected chi connectivity index (χ1v) is 14.0. The van der Waals surface area contributed by atoms with Crippen molar-refractivity contribution in [1.82, 2.24) is 20.1 Å². The van der Waals surface area contributed by atoms with E-state index in [2.05, 4.69) is 15.4 Å². The number of Topliss-reactive ketones (excluding diaryl/α,β-unsaturated/α-hetero) is 2. The van der Waals surface area contributed by atoms with E-state index >= 15 is 0 Å². The van der Waals surface area contributed by atoms with Crippen LogP contribution in [0.2, 0.25) is 0 Å². The van der Waals surface area contributed by atoms with Crippen molar-refractivity contribution in [3.8, 4) is 11.1 Å². The summed E-state index contributed by atoms with van der Waals surface area (Å²) in [5.41, 5.74) is 0.144. The normalized spacial score (nSPS) is 14.1. The van der Waals surface area contributed by atoms with Crippen LogP contribution < -0.4 is 5.32 Å². The predicted molar refractivity (Wildman–Crippen MR) is 149 cm³/mol. The Hall–Kier alpha value is -4.32. The second-order valence-electron chi connectivity index (χ2n) is 11.0. The van der Waals surface area contributed by atoms with Crippen molar-refractivity contribution < 1.29 is 35.9 Å². The molecule has 5 rings (SSSR count). The minimum absolute atomic E-state index is 0.0430. The van der Waals surface area contributed by atoms with E-state index < -0.39 is 53.4 Å². The summed E-state index contributed by atoms with van der Waals surface area (Å²) in [7, 11) is 0. The largest absolute Gasteiger partial charge is 0.435 e. The maximum absolute atomic E-state index is 14.3. The van der Waals surface area contributed by atoms with E-state index in [0.717, 1.165) is 35.7 Å². The fourth-order valence-electron chi connectivity index (χ4n) is 5.20. The Bertz CT molecular complexity index is 1680. The molecule has 0 bridgehead atoms. The number of benzene rings is 2. The maximum Gasteiger partial charge on any atom is 0.435 e. The molecule has 0 amide bonds. The molecule has 1 aliphatic rings. The van der Waals surface area contributed by atoms with E-state index in [9.17, 15) is 35.9 Å². The molecule has 2 heterocycles. The number of aromatic nitrogens is 3. The van der Waals surface area contributed by atoms with Crippen LogP contribution in [0, 0.1) is 17.5 Å². The number of pyridine rings is 1. The minimum atomic E-state index is -4.71. The Morgan fingerprint density at radius 2 is 1.77 bits per heavy atom. The number of hydrogen-bond acceptors (Lipinski definition) is 5. The van der Waals surface area contributed by atoms with Crippen LogP contribution in [0.4, 0.5) is 26.3 Å². The Morgan fingerprint density at radius 3 is 2.43 bits per heavy atom. The van der Waals surface area contributed by atoms with Crippen LogP contribution in [0.5, 0.6) is 0 Å². The number of nitrogens with one attached hydrogen (secondary N) is 1. The third-order valence-electron chi connectivity index (χ3n) is 7.36.